The van der Waals surface area contributed by atoms with E-state index >= 15 is 0 Å². The first-order chi connectivity index (χ1) is 5.15. The molecule has 0 aliphatic carbocycles. The lowest BCUT2D eigenvalue weighted by Crippen LogP contribution is -1.99. The van der Waals surface area contributed by atoms with Gasteiger partial charge in [-0.1, -0.05) is 0 Å². The van der Waals surface area contributed by atoms with E-state index in [4.69, 9.17) is 0 Å². The summed E-state index contributed by atoms with van der Waals surface area (Å²) in [6.45, 7) is 4.06. The van der Waals surface area contributed by atoms with Crippen molar-refractivity contribution in [2.75, 3.05) is 0 Å². The minimum atomic E-state index is -2.57. The molecule has 0 spiro atoms. The third-order valence-electron chi connectivity index (χ3n) is 1.37. The van der Waals surface area contributed by atoms with Crippen LogP contribution in [0.25, 0.3) is 0 Å². The average Bonchev–Trinajstić information content (AvgIpc) is 2.31. The van der Waals surface area contributed by atoms with Crippen LogP contribution in [0.3, 0.4) is 0 Å². The van der Waals surface area contributed by atoms with Crippen LogP contribution in [0.1, 0.15) is 25.0 Å². The average molecular weight is 161 g/mol. The molecule has 0 atom stereocenters. The fourth-order valence-electron chi connectivity index (χ4n) is 0.834. The van der Waals surface area contributed by atoms with Crippen LogP contribution < -0.4 is 0 Å². The van der Waals surface area contributed by atoms with Gasteiger partial charge in [0.2, 0.25) is 5.82 Å². The molecule has 0 amide bonds. The van der Waals surface area contributed by atoms with Crippen LogP contribution in [0.5, 0.6) is 0 Å². The highest BCUT2D eigenvalue weighted by molar-refractivity contribution is 4.91. The second-order valence-corrected chi connectivity index (χ2v) is 2.13. The van der Waals surface area contributed by atoms with E-state index in [1.54, 1.807) is 6.92 Å². The van der Waals surface area contributed by atoms with Gasteiger partial charge in [-0.2, -0.15) is 0 Å². The van der Waals surface area contributed by atoms with Gasteiger partial charge in [-0.15, -0.1) is 5.10 Å². The van der Waals surface area contributed by atoms with Gasteiger partial charge >= 0.3 is 0 Å². The molecule has 0 N–H and O–H groups in total. The molecule has 0 aromatic carbocycles. The lowest BCUT2D eigenvalue weighted by atomic mass is 10.6. The molecule has 0 bridgehead atoms. The predicted molar refractivity (Wildman–Crippen MR) is 35.4 cm³/mol. The van der Waals surface area contributed by atoms with Crippen molar-refractivity contribution in [3.8, 4) is 0 Å². The third kappa shape index (κ3) is 1.53. The van der Waals surface area contributed by atoms with Crippen molar-refractivity contribution in [2.45, 2.75) is 26.8 Å². The second kappa shape index (κ2) is 2.94. The van der Waals surface area contributed by atoms with E-state index in [1.807, 2.05) is 6.92 Å². The van der Waals surface area contributed by atoms with Crippen molar-refractivity contribution in [3.05, 3.63) is 11.6 Å². The predicted octanol–water partition coefficient (Wildman–Crippen LogP) is 1.54. The van der Waals surface area contributed by atoms with Crippen LogP contribution in [0.2, 0.25) is 0 Å². The van der Waals surface area contributed by atoms with Gasteiger partial charge in [0, 0.05) is 6.54 Å². The van der Waals surface area contributed by atoms with Gasteiger partial charge in [0.25, 0.3) is 6.43 Å². The maximum atomic E-state index is 12.0. The largest absolute Gasteiger partial charge is 0.299 e. The molecule has 5 heteroatoms. The van der Waals surface area contributed by atoms with E-state index in [2.05, 4.69) is 10.1 Å². The zero-order valence-electron chi connectivity index (χ0n) is 6.38. The maximum absolute atomic E-state index is 12.0. The van der Waals surface area contributed by atoms with E-state index in [-0.39, 0.29) is 5.82 Å². The molecule has 1 heterocycles. The fraction of sp³-hybridized carbons (Fsp3) is 0.667. The molecule has 1 aromatic heterocycles. The topological polar surface area (TPSA) is 30.7 Å². The van der Waals surface area contributed by atoms with Crippen LogP contribution in [0.15, 0.2) is 0 Å². The van der Waals surface area contributed by atoms with E-state index < -0.39 is 6.43 Å². The molecule has 0 radical (unpaired) electrons. The van der Waals surface area contributed by atoms with E-state index in [1.165, 1.54) is 4.68 Å². The van der Waals surface area contributed by atoms with Crippen molar-refractivity contribution in [3.63, 3.8) is 0 Å². The maximum Gasteiger partial charge on any atom is 0.299 e. The summed E-state index contributed by atoms with van der Waals surface area (Å²) < 4.78 is 25.4. The summed E-state index contributed by atoms with van der Waals surface area (Å²) in [4.78, 5) is 3.58. The summed E-state index contributed by atoms with van der Waals surface area (Å²) in [6.07, 6.45) is -2.57. The summed E-state index contributed by atoms with van der Waals surface area (Å²) in [5.74, 6) is 0.146. The SMILES string of the molecule is CCn1nc(C(F)F)nc1C. The summed E-state index contributed by atoms with van der Waals surface area (Å²) >= 11 is 0. The first-order valence-corrected chi connectivity index (χ1v) is 3.34. The van der Waals surface area contributed by atoms with Crippen LogP contribution in [-0.2, 0) is 6.54 Å². The highest BCUT2D eigenvalue weighted by atomic mass is 19.3. The molecule has 11 heavy (non-hydrogen) atoms. The van der Waals surface area contributed by atoms with Crippen molar-refractivity contribution < 1.29 is 8.78 Å². The lowest BCUT2D eigenvalue weighted by molar-refractivity contribution is 0.140. The Bertz CT molecular complexity index is 244. The van der Waals surface area contributed by atoms with Gasteiger partial charge < -0.3 is 0 Å². The Morgan fingerprint density at radius 3 is 2.45 bits per heavy atom. The Kier molecular flexibility index (Phi) is 2.16. The van der Waals surface area contributed by atoms with E-state index in [9.17, 15) is 8.78 Å². The Balaban J connectivity index is 2.95. The third-order valence-corrected chi connectivity index (χ3v) is 1.37. The van der Waals surface area contributed by atoms with Crippen LogP contribution in [0.4, 0.5) is 8.78 Å². The van der Waals surface area contributed by atoms with Gasteiger partial charge in [-0.05, 0) is 13.8 Å². The molecule has 0 aliphatic heterocycles. The van der Waals surface area contributed by atoms with Crippen molar-refractivity contribution in [1.82, 2.24) is 14.8 Å². The zero-order valence-corrected chi connectivity index (χ0v) is 6.38. The highest BCUT2D eigenvalue weighted by Gasteiger charge is 2.14. The number of nitrogens with zero attached hydrogens (tertiary/aromatic N) is 3. The molecule has 62 valence electrons. The van der Waals surface area contributed by atoms with Crippen LogP contribution >= 0.6 is 0 Å². The van der Waals surface area contributed by atoms with Crippen LogP contribution in [-0.4, -0.2) is 14.8 Å². The molecule has 0 unspecified atom stereocenters. The van der Waals surface area contributed by atoms with E-state index in [0.717, 1.165) is 0 Å². The standard InChI is InChI=1S/C6H9F2N3/c1-3-11-4(2)9-6(10-11)5(7)8/h5H,3H2,1-2H3. The zero-order chi connectivity index (χ0) is 8.43. The smallest absolute Gasteiger partial charge is 0.250 e. The number of halogens is 2. The van der Waals surface area contributed by atoms with Crippen molar-refractivity contribution >= 4 is 0 Å². The van der Waals surface area contributed by atoms with Gasteiger partial charge in [0.05, 0.1) is 0 Å². The van der Waals surface area contributed by atoms with E-state index in [0.29, 0.717) is 12.4 Å². The Labute approximate surface area is 63.0 Å². The molecule has 1 rings (SSSR count). The van der Waals surface area contributed by atoms with Gasteiger partial charge in [0.1, 0.15) is 5.82 Å². The fourth-order valence-corrected chi connectivity index (χ4v) is 0.834. The first kappa shape index (κ1) is 8.10. The minimum Gasteiger partial charge on any atom is -0.250 e. The number of hydrogen-bond donors (Lipinski definition) is 0. The number of hydrogen-bond acceptors (Lipinski definition) is 2. The Hall–Kier alpha value is -1.00. The number of rotatable bonds is 2. The quantitative estimate of drug-likeness (QED) is 0.658. The van der Waals surface area contributed by atoms with Gasteiger partial charge in [-0.3, -0.25) is 4.68 Å². The molecule has 1 aromatic rings. The molecule has 3 nitrogen and oxygen atoms in total. The summed E-state index contributed by atoms with van der Waals surface area (Å²) in [6, 6.07) is 0. The normalized spacial score (nSPS) is 11.0. The number of aromatic nitrogens is 3. The van der Waals surface area contributed by atoms with Crippen LogP contribution in [0, 0.1) is 6.92 Å². The van der Waals surface area contributed by atoms with Crippen molar-refractivity contribution in [2.24, 2.45) is 0 Å². The molecule has 0 saturated carbocycles. The Morgan fingerprint density at radius 1 is 1.55 bits per heavy atom. The monoisotopic (exact) mass is 161 g/mol. The van der Waals surface area contributed by atoms with Gasteiger partial charge in [-0.25, -0.2) is 13.8 Å². The summed E-state index contributed by atoms with van der Waals surface area (Å²) in [5, 5.41) is 3.58. The summed E-state index contributed by atoms with van der Waals surface area (Å²) in [5.41, 5.74) is 0. The molecule has 0 aliphatic rings. The number of aryl methyl sites for hydroxylation is 2. The second-order valence-electron chi connectivity index (χ2n) is 2.13. The highest BCUT2D eigenvalue weighted by Crippen LogP contribution is 2.13. The minimum absolute atomic E-state index is 0.385. The first-order valence-electron chi connectivity index (χ1n) is 3.34. The van der Waals surface area contributed by atoms with Gasteiger partial charge in [0.15, 0.2) is 0 Å². The molecular weight excluding hydrogens is 152 g/mol. The summed E-state index contributed by atoms with van der Waals surface area (Å²) in [7, 11) is 0. The Morgan fingerprint density at radius 2 is 2.18 bits per heavy atom. The lowest BCUT2D eigenvalue weighted by Gasteiger charge is -1.93. The molecular formula is C6H9F2N3. The van der Waals surface area contributed by atoms with Crippen molar-refractivity contribution in [1.29, 1.82) is 0 Å². The molecule has 0 fully saturated rings. The molecule has 0 saturated heterocycles. The number of alkyl halides is 2.